The maximum absolute atomic E-state index is 11.6. The normalized spacial score (nSPS) is 15.5. The first kappa shape index (κ1) is 14.5. The van der Waals surface area contributed by atoms with Gasteiger partial charge in [-0.1, -0.05) is 6.07 Å². The number of hydrogen-bond acceptors (Lipinski definition) is 5. The number of nitrogens with zero attached hydrogens (tertiary/aromatic N) is 1. The Balaban J connectivity index is 1.68. The van der Waals surface area contributed by atoms with E-state index in [-0.39, 0.29) is 19.0 Å². The molecule has 1 saturated heterocycles. The lowest BCUT2D eigenvalue weighted by Crippen LogP contribution is -2.51. The SMILES string of the molecule is O=C1CN(CC(=O)NC(=O)NCc2cccs2)CCN1. The van der Waals surface area contributed by atoms with Gasteiger partial charge in [0, 0.05) is 18.0 Å². The maximum Gasteiger partial charge on any atom is 0.321 e. The zero-order chi connectivity index (χ0) is 14.4. The fourth-order valence-electron chi connectivity index (χ4n) is 1.82. The van der Waals surface area contributed by atoms with Crippen LogP contribution in [0.4, 0.5) is 4.79 Å². The Morgan fingerprint density at radius 2 is 2.30 bits per heavy atom. The lowest BCUT2D eigenvalue weighted by molar-refractivity contribution is -0.126. The molecule has 20 heavy (non-hydrogen) atoms. The van der Waals surface area contributed by atoms with Gasteiger partial charge in [-0.15, -0.1) is 11.3 Å². The molecule has 1 aliphatic heterocycles. The third-order valence-electron chi connectivity index (χ3n) is 2.74. The van der Waals surface area contributed by atoms with E-state index >= 15 is 0 Å². The molecule has 1 aromatic heterocycles. The van der Waals surface area contributed by atoms with Gasteiger partial charge in [0.05, 0.1) is 19.6 Å². The number of thiophene rings is 1. The second-order valence-electron chi connectivity index (χ2n) is 4.37. The molecular weight excluding hydrogens is 280 g/mol. The molecule has 3 N–H and O–H groups in total. The summed E-state index contributed by atoms with van der Waals surface area (Å²) < 4.78 is 0. The highest BCUT2D eigenvalue weighted by Crippen LogP contribution is 2.06. The van der Waals surface area contributed by atoms with Crippen LogP contribution in [0.5, 0.6) is 0 Å². The molecule has 2 rings (SSSR count). The highest BCUT2D eigenvalue weighted by molar-refractivity contribution is 7.09. The average Bonchev–Trinajstić information content (AvgIpc) is 2.89. The predicted octanol–water partition coefficient (Wildman–Crippen LogP) is -0.494. The van der Waals surface area contributed by atoms with Crippen LogP contribution in [0.25, 0.3) is 0 Å². The molecule has 0 aromatic carbocycles. The van der Waals surface area contributed by atoms with Crippen molar-refractivity contribution in [1.82, 2.24) is 20.9 Å². The predicted molar refractivity (Wildman–Crippen MR) is 74.1 cm³/mol. The summed E-state index contributed by atoms with van der Waals surface area (Å²) in [5.41, 5.74) is 0. The van der Waals surface area contributed by atoms with Gasteiger partial charge in [-0.05, 0) is 11.4 Å². The second kappa shape index (κ2) is 7.01. The first-order valence-corrected chi connectivity index (χ1v) is 7.10. The molecule has 0 spiro atoms. The Hall–Kier alpha value is -1.93. The van der Waals surface area contributed by atoms with Crippen LogP contribution >= 0.6 is 11.3 Å². The van der Waals surface area contributed by atoms with Gasteiger partial charge < -0.3 is 10.6 Å². The Morgan fingerprint density at radius 1 is 1.45 bits per heavy atom. The second-order valence-corrected chi connectivity index (χ2v) is 5.40. The van der Waals surface area contributed by atoms with Crippen LogP contribution in [0.3, 0.4) is 0 Å². The number of rotatable bonds is 4. The zero-order valence-electron chi connectivity index (χ0n) is 10.8. The van der Waals surface area contributed by atoms with E-state index in [9.17, 15) is 14.4 Å². The molecule has 2 heterocycles. The molecule has 8 heteroatoms. The molecule has 1 aliphatic rings. The van der Waals surface area contributed by atoms with Crippen LogP contribution in [0.15, 0.2) is 17.5 Å². The molecule has 108 valence electrons. The van der Waals surface area contributed by atoms with E-state index in [1.165, 1.54) is 11.3 Å². The Bertz CT molecular complexity index is 489. The van der Waals surface area contributed by atoms with E-state index in [1.807, 2.05) is 17.5 Å². The van der Waals surface area contributed by atoms with E-state index in [0.29, 0.717) is 19.6 Å². The lowest BCUT2D eigenvalue weighted by Gasteiger charge is -2.25. The first-order valence-electron chi connectivity index (χ1n) is 6.22. The number of nitrogens with one attached hydrogen (secondary N) is 3. The zero-order valence-corrected chi connectivity index (χ0v) is 11.7. The summed E-state index contributed by atoms with van der Waals surface area (Å²) in [6.45, 7) is 1.75. The van der Waals surface area contributed by atoms with Crippen LogP contribution < -0.4 is 16.0 Å². The Morgan fingerprint density at radius 3 is 3.00 bits per heavy atom. The van der Waals surface area contributed by atoms with Crippen molar-refractivity contribution in [3.05, 3.63) is 22.4 Å². The number of imide groups is 1. The van der Waals surface area contributed by atoms with Gasteiger partial charge >= 0.3 is 6.03 Å². The van der Waals surface area contributed by atoms with Gasteiger partial charge in [-0.25, -0.2) is 4.79 Å². The van der Waals surface area contributed by atoms with E-state index < -0.39 is 11.9 Å². The molecule has 0 bridgehead atoms. The molecule has 1 fully saturated rings. The number of carbonyl (C=O) groups is 3. The van der Waals surface area contributed by atoms with Crippen LogP contribution in [0.2, 0.25) is 0 Å². The van der Waals surface area contributed by atoms with Crippen LogP contribution in [0.1, 0.15) is 4.88 Å². The minimum atomic E-state index is -0.523. The van der Waals surface area contributed by atoms with Gasteiger partial charge in [0.2, 0.25) is 11.8 Å². The molecular formula is C12H16N4O3S. The summed E-state index contributed by atoms with van der Waals surface area (Å²) in [6.07, 6.45) is 0. The monoisotopic (exact) mass is 296 g/mol. The van der Waals surface area contributed by atoms with Crippen molar-refractivity contribution in [2.45, 2.75) is 6.54 Å². The summed E-state index contributed by atoms with van der Waals surface area (Å²) in [7, 11) is 0. The lowest BCUT2D eigenvalue weighted by atomic mass is 10.3. The van der Waals surface area contributed by atoms with Gasteiger partial charge in [0.1, 0.15) is 0 Å². The molecule has 0 unspecified atom stereocenters. The molecule has 0 radical (unpaired) electrons. The van der Waals surface area contributed by atoms with Gasteiger partial charge in [-0.2, -0.15) is 0 Å². The third-order valence-corrected chi connectivity index (χ3v) is 3.62. The van der Waals surface area contributed by atoms with Crippen LogP contribution in [0, 0.1) is 0 Å². The molecule has 0 aliphatic carbocycles. The highest BCUT2D eigenvalue weighted by atomic mass is 32.1. The Kier molecular flexibility index (Phi) is 5.08. The van der Waals surface area contributed by atoms with E-state index in [4.69, 9.17) is 0 Å². The highest BCUT2D eigenvalue weighted by Gasteiger charge is 2.19. The summed E-state index contributed by atoms with van der Waals surface area (Å²) >= 11 is 1.53. The smallest absolute Gasteiger partial charge is 0.321 e. The van der Waals surface area contributed by atoms with Crippen LogP contribution in [-0.4, -0.2) is 48.9 Å². The largest absolute Gasteiger partial charge is 0.354 e. The van der Waals surface area contributed by atoms with Gasteiger partial charge in [0.25, 0.3) is 0 Å². The average molecular weight is 296 g/mol. The number of carbonyl (C=O) groups excluding carboxylic acids is 3. The van der Waals surface area contributed by atoms with E-state index in [0.717, 1.165) is 4.88 Å². The van der Waals surface area contributed by atoms with Crippen molar-refractivity contribution < 1.29 is 14.4 Å². The minimum Gasteiger partial charge on any atom is -0.354 e. The van der Waals surface area contributed by atoms with Gasteiger partial charge in [0.15, 0.2) is 0 Å². The topological polar surface area (TPSA) is 90.5 Å². The first-order chi connectivity index (χ1) is 9.63. The Labute approximate surface area is 120 Å². The summed E-state index contributed by atoms with van der Waals surface area (Å²) in [5, 5.41) is 9.44. The molecule has 0 saturated carbocycles. The van der Waals surface area contributed by atoms with Crippen molar-refractivity contribution in [2.24, 2.45) is 0 Å². The van der Waals surface area contributed by atoms with Crippen molar-refractivity contribution in [3.63, 3.8) is 0 Å². The molecule has 4 amide bonds. The van der Waals surface area contributed by atoms with Crippen molar-refractivity contribution in [1.29, 1.82) is 0 Å². The third kappa shape index (κ3) is 4.63. The fraction of sp³-hybridized carbons (Fsp3) is 0.417. The summed E-state index contributed by atoms with van der Waals surface area (Å²) in [4.78, 5) is 37.0. The van der Waals surface area contributed by atoms with Crippen LogP contribution in [-0.2, 0) is 16.1 Å². The summed E-state index contributed by atoms with van der Waals surface area (Å²) in [6, 6.07) is 3.27. The van der Waals surface area contributed by atoms with Gasteiger partial charge in [-0.3, -0.25) is 19.8 Å². The molecule has 7 nitrogen and oxygen atoms in total. The maximum atomic E-state index is 11.6. The van der Waals surface area contributed by atoms with E-state index in [1.54, 1.807) is 4.90 Å². The standard InChI is InChI=1S/C12H16N4O3S/c17-10-7-16(4-3-13-10)8-11(18)15-12(19)14-6-9-2-1-5-20-9/h1-2,5H,3-4,6-8H2,(H,13,17)(H2,14,15,18,19). The van der Waals surface area contributed by atoms with Crippen molar-refractivity contribution >= 4 is 29.2 Å². The number of piperazine rings is 1. The molecule has 0 atom stereocenters. The minimum absolute atomic E-state index is 0.0415. The quantitative estimate of drug-likeness (QED) is 0.699. The van der Waals surface area contributed by atoms with E-state index in [2.05, 4.69) is 16.0 Å². The fourth-order valence-corrected chi connectivity index (χ4v) is 2.47. The number of hydrogen-bond donors (Lipinski definition) is 3. The van der Waals surface area contributed by atoms with Crippen molar-refractivity contribution in [3.8, 4) is 0 Å². The summed E-state index contributed by atoms with van der Waals surface area (Å²) in [5.74, 6) is -0.519. The number of urea groups is 1. The number of amides is 4. The van der Waals surface area contributed by atoms with Crippen molar-refractivity contribution in [2.75, 3.05) is 26.2 Å². The molecule has 1 aromatic rings.